The van der Waals surface area contributed by atoms with Crippen molar-refractivity contribution < 1.29 is 98.9 Å². The first-order chi connectivity index (χ1) is 42.3. The van der Waals surface area contributed by atoms with Crippen LogP contribution in [0.1, 0.15) is 0 Å². The fourth-order valence-corrected chi connectivity index (χ4v) is 22.4. The summed E-state index contributed by atoms with van der Waals surface area (Å²) in [6, 6.07) is 87.4. The van der Waals surface area contributed by atoms with Crippen molar-refractivity contribution >= 4 is 135 Å². The Kier molecular flexibility index (Phi) is 42.6. The Morgan fingerprint density at radius 3 is 0.511 bits per heavy atom. The van der Waals surface area contributed by atoms with Crippen LogP contribution in [0.5, 0.6) is 0 Å². The molecule has 12 nitrogen and oxygen atoms in total. The zero-order valence-corrected chi connectivity index (χ0v) is 60.2. The topological polar surface area (TPSA) is 170 Å². The molecule has 8 aromatic rings. The maximum Gasteiger partial charge on any atom is 2.00 e. The van der Waals surface area contributed by atoms with Gasteiger partial charge in [-0.15, -0.1) is 23.2 Å². The van der Waals surface area contributed by atoms with Crippen molar-refractivity contribution in [3.05, 3.63) is 266 Å². The van der Waals surface area contributed by atoms with Gasteiger partial charge in [-0.25, -0.2) is 16.8 Å². The molecule has 0 spiro atoms. The van der Waals surface area contributed by atoms with Gasteiger partial charge in [0.15, 0.2) is 20.2 Å². The summed E-state index contributed by atoms with van der Waals surface area (Å²) < 4.78 is 146. The SMILES string of the molecule is C=C([PH+](c1ccccc1)c1ccccc1)[PH+](c1ccccc1)c1ccccc1.C=C([PH+](c1ccccc1)c1ccccc1)[PH+](c1ccccc1)c1ccccc1.CO[PH+](OC)OC.CO[PH+](OC)OC.ClCCl.O=S(=O)([O-])C(F)(F)F.O=S(=O)([O-])C(F)(F)F.[Ru+2]. The maximum atomic E-state index is 10.7. The predicted octanol–water partition coefficient (Wildman–Crippen LogP) is 13.7. The Balaban J connectivity index is 0.000000602. The number of alkyl halides is 8. The van der Waals surface area contributed by atoms with Crippen molar-refractivity contribution in [3.8, 4) is 0 Å². The van der Waals surface area contributed by atoms with Crippen LogP contribution in [0.25, 0.3) is 0 Å². The average Bonchev–Trinajstić information content (AvgIpc) is 1.10. The summed E-state index contributed by atoms with van der Waals surface area (Å²) in [7, 11) is -10.0. The van der Waals surface area contributed by atoms with Gasteiger partial charge in [-0.2, -0.15) is 53.5 Å². The second-order valence-corrected chi connectivity index (χ2v) is 35.0. The molecule has 0 aliphatic rings. The van der Waals surface area contributed by atoms with Crippen molar-refractivity contribution in [2.45, 2.75) is 11.0 Å². The Morgan fingerprint density at radius 2 is 0.444 bits per heavy atom. The molecule has 0 atom stereocenters. The molecule has 0 aliphatic heterocycles. The summed E-state index contributed by atoms with van der Waals surface area (Å²) >= 11 is 9.53. The molecule has 0 N–H and O–H groups in total. The van der Waals surface area contributed by atoms with Crippen LogP contribution < -0.4 is 42.4 Å². The molecule has 8 aromatic carbocycles. The fourth-order valence-electron chi connectivity index (χ4n) is 7.65. The van der Waals surface area contributed by atoms with E-state index in [-0.39, 0.29) is 24.8 Å². The van der Waals surface area contributed by atoms with Gasteiger partial charge in [-0.1, -0.05) is 146 Å². The van der Waals surface area contributed by atoms with E-state index < -0.39 is 80.1 Å². The second kappa shape index (κ2) is 45.5. The van der Waals surface area contributed by atoms with Crippen LogP contribution in [0.2, 0.25) is 0 Å². The molecular weight excluding hydrogens is 1460 g/mol. The first-order valence-electron chi connectivity index (χ1n) is 25.7. The zero-order chi connectivity index (χ0) is 66.5. The third kappa shape index (κ3) is 30.5. The van der Waals surface area contributed by atoms with Gasteiger partial charge < -0.3 is 9.11 Å². The van der Waals surface area contributed by atoms with Gasteiger partial charge in [0.1, 0.15) is 74.1 Å². The van der Waals surface area contributed by atoms with E-state index in [9.17, 15) is 26.3 Å². The van der Waals surface area contributed by atoms with E-state index in [0.29, 0.717) is 0 Å². The van der Waals surface area contributed by atoms with Gasteiger partial charge in [0.2, 0.25) is 10.1 Å². The van der Waals surface area contributed by atoms with Crippen LogP contribution in [0, 0.1) is 0 Å². The number of rotatable bonds is 18. The molecule has 90 heavy (non-hydrogen) atoms. The minimum Gasteiger partial charge on any atom is -0.741 e. The zero-order valence-electron chi connectivity index (χ0n) is 49.3. The largest absolute Gasteiger partial charge is 2.00 e. The predicted molar refractivity (Wildman–Crippen MR) is 367 cm³/mol. The third-order valence-corrected chi connectivity index (χ3v) is 27.1. The molecule has 0 saturated carbocycles. The standard InChI is InChI=1S/2C26H22P2.2C3H10O3P.CH2Cl2.2CHF3O3S.Ru/c2*1-22(27(23-14-6-2-7-15-23)24-16-8-3-9-17-24)28(25-18-10-4-11-19-25)26-20-12-5-13-21-26;2*1-4-7(5-2)6-3;2-1-3;2*2-1(3,4)8(5,6)7;/h2*2-21H,1H2;2*7H,1-3H3;1H2;2*(H,5,6,7);/q;;2*+1;;;;+2/p+2. The molecule has 0 aliphatic carbocycles. The van der Waals surface area contributed by atoms with E-state index in [2.05, 4.69) is 243 Å². The first-order valence-corrected chi connectivity index (χ1v) is 38.1. The van der Waals surface area contributed by atoms with Gasteiger partial charge in [-0.05, 0) is 110 Å². The van der Waals surface area contributed by atoms with E-state index in [1.54, 1.807) is 42.7 Å². The number of halogens is 8. The van der Waals surface area contributed by atoms with Crippen LogP contribution in [0.15, 0.2) is 266 Å². The summed E-state index contributed by atoms with van der Waals surface area (Å²) in [5, 5.41) is 14.2. The Labute approximate surface area is 554 Å². The van der Waals surface area contributed by atoms with Crippen LogP contribution in [-0.4, -0.2) is 85.0 Å². The molecule has 0 fully saturated rings. The van der Waals surface area contributed by atoms with E-state index in [0.717, 1.165) is 0 Å². The molecular formula is C61H70Cl2F6O12P6RuS2+6. The Morgan fingerprint density at radius 1 is 0.344 bits per heavy atom. The summed E-state index contributed by atoms with van der Waals surface area (Å²) in [4.78, 5) is 0. The van der Waals surface area contributed by atoms with Gasteiger partial charge in [0, 0.05) is 0 Å². The molecule has 0 unspecified atom stereocenters. The molecule has 0 heterocycles. The molecule has 0 radical (unpaired) electrons. The summed E-state index contributed by atoms with van der Waals surface area (Å²) in [5.41, 5.74) is -11.3. The Bertz CT molecular complexity index is 2850. The first kappa shape index (κ1) is 84.2. The van der Waals surface area contributed by atoms with Crippen LogP contribution in [0.3, 0.4) is 0 Å². The normalized spacial score (nSPS) is 11.1. The molecule has 486 valence electrons. The van der Waals surface area contributed by atoms with Gasteiger partial charge in [-0.3, -0.25) is 0 Å². The van der Waals surface area contributed by atoms with Crippen molar-refractivity contribution in [2.75, 3.05) is 48.0 Å². The maximum absolute atomic E-state index is 10.7. The number of hydrogen-bond acceptors (Lipinski definition) is 12. The monoisotopic (exact) mass is 1530 g/mol. The molecule has 0 saturated heterocycles. The summed E-state index contributed by atoms with van der Waals surface area (Å²) in [5.74, 6) is 0. The smallest absolute Gasteiger partial charge is 0.741 e. The molecule has 0 amide bonds. The van der Waals surface area contributed by atoms with Gasteiger partial charge >= 0.3 is 47.7 Å². The van der Waals surface area contributed by atoms with Gasteiger partial charge in [0.05, 0.1) is 48.0 Å². The van der Waals surface area contributed by atoms with Gasteiger partial charge in [0.25, 0.3) is 0 Å². The van der Waals surface area contributed by atoms with E-state index in [4.69, 9.17) is 89.4 Å². The Hall–Kier alpha value is -3.82. The van der Waals surface area contributed by atoms with Crippen molar-refractivity contribution in [3.63, 3.8) is 0 Å². The molecule has 0 bridgehead atoms. The van der Waals surface area contributed by atoms with Crippen LogP contribution >= 0.6 is 72.1 Å². The second-order valence-electron chi connectivity index (χ2n) is 17.0. The summed E-state index contributed by atoms with van der Waals surface area (Å²) in [6.07, 6.45) is 0. The fraction of sp³-hybridized carbons (Fsp3) is 0.148. The molecule has 0 aromatic heterocycles. The summed E-state index contributed by atoms with van der Waals surface area (Å²) in [6.45, 7) is 9.50. The van der Waals surface area contributed by atoms with Crippen molar-refractivity contribution in [1.82, 2.24) is 0 Å². The average molecular weight is 1530 g/mol. The van der Waals surface area contributed by atoms with Crippen molar-refractivity contribution in [1.29, 1.82) is 0 Å². The number of hydrogen-bond donors (Lipinski definition) is 0. The van der Waals surface area contributed by atoms with E-state index in [1.165, 1.54) is 52.5 Å². The third-order valence-electron chi connectivity index (χ3n) is 11.3. The quantitative estimate of drug-likeness (QED) is 0.0199. The van der Waals surface area contributed by atoms with Crippen LogP contribution in [0.4, 0.5) is 26.3 Å². The molecule has 8 rings (SSSR count). The minimum atomic E-state index is -6.09. The van der Waals surface area contributed by atoms with E-state index in [1.807, 2.05) is 0 Å². The van der Waals surface area contributed by atoms with Crippen LogP contribution in [-0.2, 0) is 66.9 Å². The minimum absolute atomic E-state index is 0. The van der Waals surface area contributed by atoms with E-state index >= 15 is 0 Å². The van der Waals surface area contributed by atoms with Crippen molar-refractivity contribution in [2.24, 2.45) is 0 Å². The molecule has 29 heteroatoms. The number of benzene rings is 8.